The lowest BCUT2D eigenvalue weighted by molar-refractivity contribution is 0.0913. The molecule has 0 radical (unpaired) electrons. The number of nitrogens with zero attached hydrogens (tertiary/aromatic N) is 1. The topological polar surface area (TPSA) is 65.4 Å². The maximum atomic E-state index is 13.1. The Kier molecular flexibility index (Phi) is 4.08. The lowest BCUT2D eigenvalue weighted by Crippen LogP contribution is -2.21. The lowest BCUT2D eigenvalue weighted by atomic mass is 9.90. The summed E-state index contributed by atoms with van der Waals surface area (Å²) in [6, 6.07) is 8.25. The van der Waals surface area contributed by atoms with Crippen LogP contribution in [0.5, 0.6) is 0 Å². The van der Waals surface area contributed by atoms with Crippen LogP contribution in [-0.4, -0.2) is 28.3 Å². The van der Waals surface area contributed by atoms with Gasteiger partial charge in [0.25, 0.3) is 0 Å². The van der Waals surface area contributed by atoms with Crippen LogP contribution in [0, 0.1) is 5.82 Å². The van der Waals surface area contributed by atoms with Crippen LogP contribution >= 0.6 is 0 Å². The molecule has 3 rings (SSSR count). The first kappa shape index (κ1) is 15.9. The van der Waals surface area contributed by atoms with E-state index in [-0.39, 0.29) is 17.8 Å². The fraction of sp³-hybridized carbons (Fsp3) is 0.389. The van der Waals surface area contributed by atoms with E-state index in [1.54, 1.807) is 12.1 Å². The Balaban J connectivity index is 2.03. The van der Waals surface area contributed by atoms with E-state index in [4.69, 9.17) is 0 Å². The van der Waals surface area contributed by atoms with Crippen LogP contribution < -0.4 is 5.32 Å². The molecule has 2 heterocycles. The zero-order chi connectivity index (χ0) is 16.6. The highest BCUT2D eigenvalue weighted by atomic mass is 19.1. The number of aliphatic hydroxyl groups excluding tert-OH is 2. The highest BCUT2D eigenvalue weighted by Gasteiger charge is 2.33. The van der Waals surface area contributed by atoms with Gasteiger partial charge in [-0.3, -0.25) is 4.98 Å². The highest BCUT2D eigenvalue weighted by Crippen LogP contribution is 2.37. The Morgan fingerprint density at radius 3 is 2.65 bits per heavy atom. The molecule has 0 saturated heterocycles. The smallest absolute Gasteiger partial charge is 0.123 e. The van der Waals surface area contributed by atoms with Crippen molar-refractivity contribution in [2.24, 2.45) is 0 Å². The molecule has 1 aromatic heterocycles. The van der Waals surface area contributed by atoms with Gasteiger partial charge in [0.05, 0.1) is 23.7 Å². The second-order valence-electron chi connectivity index (χ2n) is 6.67. The van der Waals surface area contributed by atoms with Crippen LogP contribution in [0.25, 0.3) is 0 Å². The molecular formula is C18H21FN2O2. The maximum absolute atomic E-state index is 13.1. The summed E-state index contributed by atoms with van der Waals surface area (Å²) in [5, 5.41) is 22.8. The second kappa shape index (κ2) is 5.91. The molecule has 0 fully saturated rings. The number of aromatic nitrogens is 1. The molecule has 3 N–H and O–H groups in total. The predicted octanol–water partition coefficient (Wildman–Crippen LogP) is 2.54. The number of rotatable bonds is 4. The van der Waals surface area contributed by atoms with Crippen molar-refractivity contribution < 1.29 is 14.6 Å². The fourth-order valence-electron chi connectivity index (χ4n) is 2.96. The summed E-state index contributed by atoms with van der Waals surface area (Å²) in [6.45, 7) is 4.58. The van der Waals surface area contributed by atoms with Gasteiger partial charge >= 0.3 is 0 Å². The highest BCUT2D eigenvalue weighted by molar-refractivity contribution is 5.59. The predicted molar refractivity (Wildman–Crippen MR) is 87.0 cm³/mol. The zero-order valence-corrected chi connectivity index (χ0v) is 13.3. The molecule has 1 aliphatic heterocycles. The van der Waals surface area contributed by atoms with Crippen LogP contribution in [0.15, 0.2) is 30.3 Å². The molecule has 1 aliphatic rings. The van der Waals surface area contributed by atoms with E-state index in [9.17, 15) is 14.6 Å². The standard InChI is InChI=1S/C18H21FN2O2/c1-18(2)10-20-14-8-12(7-11-3-5-13(19)6-4-11)16(15(23)9-22)21-17(14)18/h3-6,8,15,20,22-23H,7,9-10H2,1-2H3/t15-/m1/s1. The minimum atomic E-state index is -1.02. The van der Waals surface area contributed by atoms with Crippen molar-refractivity contribution in [1.82, 2.24) is 4.98 Å². The van der Waals surface area contributed by atoms with Gasteiger partial charge < -0.3 is 15.5 Å². The van der Waals surface area contributed by atoms with Gasteiger partial charge in [0.2, 0.25) is 0 Å². The molecule has 1 aromatic carbocycles. The van der Waals surface area contributed by atoms with Crippen LogP contribution in [0.2, 0.25) is 0 Å². The number of hydrogen-bond donors (Lipinski definition) is 3. The minimum absolute atomic E-state index is 0.117. The van der Waals surface area contributed by atoms with Crippen LogP contribution in [0.1, 0.15) is 42.5 Å². The summed E-state index contributed by atoms with van der Waals surface area (Å²) in [4.78, 5) is 4.64. The van der Waals surface area contributed by atoms with Crippen LogP contribution in [-0.2, 0) is 11.8 Å². The Morgan fingerprint density at radius 1 is 1.30 bits per heavy atom. The Bertz CT molecular complexity index is 714. The second-order valence-corrected chi connectivity index (χ2v) is 6.67. The number of hydrogen-bond acceptors (Lipinski definition) is 4. The zero-order valence-electron chi connectivity index (χ0n) is 13.3. The van der Waals surface area contributed by atoms with E-state index in [1.807, 2.05) is 6.07 Å². The normalized spacial score (nSPS) is 16.7. The van der Waals surface area contributed by atoms with E-state index < -0.39 is 6.10 Å². The molecular weight excluding hydrogens is 295 g/mol. The quantitative estimate of drug-likeness (QED) is 0.811. The molecule has 0 spiro atoms. The number of halogens is 1. The number of fused-ring (bicyclic) bond motifs is 1. The first-order valence-corrected chi connectivity index (χ1v) is 7.72. The average molecular weight is 316 g/mol. The van der Waals surface area contributed by atoms with Gasteiger partial charge in [0.1, 0.15) is 11.9 Å². The molecule has 122 valence electrons. The molecule has 0 bridgehead atoms. The van der Waals surface area contributed by atoms with Crippen LogP contribution in [0.4, 0.5) is 10.1 Å². The maximum Gasteiger partial charge on any atom is 0.123 e. The molecule has 0 aliphatic carbocycles. The van der Waals surface area contributed by atoms with Gasteiger partial charge in [-0.2, -0.15) is 0 Å². The van der Waals surface area contributed by atoms with Crippen molar-refractivity contribution in [2.45, 2.75) is 31.8 Å². The van der Waals surface area contributed by atoms with Gasteiger partial charge in [-0.05, 0) is 35.7 Å². The van der Waals surface area contributed by atoms with Gasteiger partial charge in [-0.15, -0.1) is 0 Å². The first-order chi connectivity index (χ1) is 10.9. The Labute approximate surface area is 135 Å². The average Bonchev–Trinajstić information content (AvgIpc) is 2.83. The summed E-state index contributed by atoms with van der Waals surface area (Å²) in [7, 11) is 0. The third-order valence-corrected chi connectivity index (χ3v) is 4.29. The summed E-state index contributed by atoms with van der Waals surface area (Å²) in [5.74, 6) is -0.278. The minimum Gasteiger partial charge on any atom is -0.393 e. The van der Waals surface area contributed by atoms with Crippen molar-refractivity contribution >= 4 is 5.69 Å². The Morgan fingerprint density at radius 2 is 2.00 bits per heavy atom. The molecule has 1 atom stereocenters. The van der Waals surface area contributed by atoms with Crippen molar-refractivity contribution in [3.05, 3.63) is 58.7 Å². The SMILES string of the molecule is CC1(C)CNc2cc(Cc3ccc(F)cc3)c([C@H](O)CO)nc21. The molecule has 4 nitrogen and oxygen atoms in total. The van der Waals surface area contributed by atoms with Crippen molar-refractivity contribution in [3.8, 4) is 0 Å². The monoisotopic (exact) mass is 316 g/mol. The largest absolute Gasteiger partial charge is 0.393 e. The van der Waals surface area contributed by atoms with Crippen molar-refractivity contribution in [2.75, 3.05) is 18.5 Å². The van der Waals surface area contributed by atoms with E-state index in [1.165, 1.54) is 12.1 Å². The Hall–Kier alpha value is -1.98. The van der Waals surface area contributed by atoms with E-state index in [0.29, 0.717) is 12.1 Å². The molecule has 0 amide bonds. The lowest BCUT2D eigenvalue weighted by Gasteiger charge is -2.20. The van der Waals surface area contributed by atoms with Gasteiger partial charge in [0.15, 0.2) is 0 Å². The number of benzene rings is 1. The van der Waals surface area contributed by atoms with Crippen molar-refractivity contribution in [3.63, 3.8) is 0 Å². The van der Waals surface area contributed by atoms with E-state index in [2.05, 4.69) is 24.1 Å². The van der Waals surface area contributed by atoms with Crippen molar-refractivity contribution in [1.29, 1.82) is 0 Å². The number of anilines is 1. The van der Waals surface area contributed by atoms with E-state index >= 15 is 0 Å². The van der Waals surface area contributed by atoms with Gasteiger partial charge in [-0.25, -0.2) is 4.39 Å². The number of aliphatic hydroxyl groups is 2. The molecule has 2 aromatic rings. The summed E-state index contributed by atoms with van der Waals surface area (Å²) >= 11 is 0. The summed E-state index contributed by atoms with van der Waals surface area (Å²) in [6.07, 6.45) is -0.498. The van der Waals surface area contributed by atoms with Gasteiger partial charge in [-0.1, -0.05) is 26.0 Å². The first-order valence-electron chi connectivity index (χ1n) is 7.72. The number of pyridine rings is 1. The van der Waals surface area contributed by atoms with Gasteiger partial charge in [0, 0.05) is 12.0 Å². The fourth-order valence-corrected chi connectivity index (χ4v) is 2.96. The number of nitrogens with one attached hydrogen (secondary N) is 1. The molecule has 5 heteroatoms. The summed E-state index contributed by atoms with van der Waals surface area (Å²) in [5.41, 5.74) is 4.00. The molecule has 0 unspecified atom stereocenters. The molecule has 23 heavy (non-hydrogen) atoms. The van der Waals surface area contributed by atoms with Crippen LogP contribution in [0.3, 0.4) is 0 Å². The third-order valence-electron chi connectivity index (χ3n) is 4.29. The van der Waals surface area contributed by atoms with E-state index in [0.717, 1.165) is 29.1 Å². The molecule has 0 saturated carbocycles. The third kappa shape index (κ3) is 3.07. The summed E-state index contributed by atoms with van der Waals surface area (Å²) < 4.78 is 13.1.